The molecule has 3 nitrogen and oxygen atoms in total. The summed E-state index contributed by atoms with van der Waals surface area (Å²) in [6, 6.07) is 3.03. The maximum absolute atomic E-state index is 4.38. The second-order valence-electron chi connectivity index (χ2n) is 5.56. The van der Waals surface area contributed by atoms with Crippen molar-refractivity contribution < 1.29 is 0 Å². The summed E-state index contributed by atoms with van der Waals surface area (Å²) in [5.41, 5.74) is 2.46. The number of nitrogens with one attached hydrogen (secondary N) is 1. The van der Waals surface area contributed by atoms with Gasteiger partial charge in [-0.3, -0.25) is 4.98 Å². The molecule has 2 aliphatic rings. The molecule has 0 amide bonds. The number of nitrogens with zero attached hydrogens (tertiary/aromatic N) is 2. The third-order valence-corrected chi connectivity index (χ3v) is 4.45. The van der Waals surface area contributed by atoms with Crippen molar-refractivity contribution in [1.82, 2.24) is 4.98 Å². The van der Waals surface area contributed by atoms with Crippen molar-refractivity contribution in [1.29, 1.82) is 0 Å². The molecule has 3 rings (SSSR count). The summed E-state index contributed by atoms with van der Waals surface area (Å²) in [6.07, 6.45) is 11.0. The molecule has 1 N–H and O–H groups in total. The Morgan fingerprint density at radius 3 is 3.06 bits per heavy atom. The molecule has 1 aromatic heterocycles. The van der Waals surface area contributed by atoms with Gasteiger partial charge < -0.3 is 10.2 Å². The predicted octanol–water partition coefficient (Wildman–Crippen LogP) is 3.28. The van der Waals surface area contributed by atoms with Gasteiger partial charge in [-0.05, 0) is 38.2 Å². The first kappa shape index (κ1) is 11.8. The molecule has 1 aliphatic carbocycles. The topological polar surface area (TPSA) is 28.2 Å². The van der Waals surface area contributed by atoms with Crippen LogP contribution < -0.4 is 10.2 Å². The van der Waals surface area contributed by atoms with Crippen molar-refractivity contribution in [3.05, 3.63) is 18.5 Å². The van der Waals surface area contributed by atoms with Crippen LogP contribution in [-0.2, 0) is 0 Å². The first-order valence-electron chi connectivity index (χ1n) is 7.34. The second kappa shape index (κ2) is 5.17. The molecule has 1 aromatic rings. The highest BCUT2D eigenvalue weighted by atomic mass is 15.2. The van der Waals surface area contributed by atoms with Crippen molar-refractivity contribution in [2.24, 2.45) is 5.92 Å². The van der Waals surface area contributed by atoms with Gasteiger partial charge >= 0.3 is 0 Å². The van der Waals surface area contributed by atoms with Gasteiger partial charge in [0.25, 0.3) is 0 Å². The summed E-state index contributed by atoms with van der Waals surface area (Å²) < 4.78 is 0. The second-order valence-corrected chi connectivity index (χ2v) is 5.56. The normalized spacial score (nSPS) is 27.1. The van der Waals surface area contributed by atoms with Crippen molar-refractivity contribution in [2.45, 2.75) is 45.1 Å². The molecule has 0 bridgehead atoms. The number of rotatable bonds is 3. The molecule has 1 saturated heterocycles. The third kappa shape index (κ3) is 2.18. The van der Waals surface area contributed by atoms with Gasteiger partial charge in [-0.15, -0.1) is 0 Å². The van der Waals surface area contributed by atoms with E-state index in [0.29, 0.717) is 0 Å². The van der Waals surface area contributed by atoms with Crippen LogP contribution in [0.4, 0.5) is 11.4 Å². The van der Waals surface area contributed by atoms with Gasteiger partial charge in [0.1, 0.15) is 0 Å². The van der Waals surface area contributed by atoms with Crippen LogP contribution in [0.3, 0.4) is 0 Å². The highest BCUT2D eigenvalue weighted by molar-refractivity contribution is 5.56. The van der Waals surface area contributed by atoms with E-state index in [0.717, 1.165) is 24.2 Å². The Morgan fingerprint density at radius 1 is 1.28 bits per heavy atom. The Bertz CT molecular complexity index is 404. The molecule has 98 valence electrons. The first-order chi connectivity index (χ1) is 8.88. The Labute approximate surface area is 110 Å². The number of hydrogen-bond acceptors (Lipinski definition) is 3. The van der Waals surface area contributed by atoms with E-state index in [1.165, 1.54) is 44.3 Å². The predicted molar refractivity (Wildman–Crippen MR) is 76.1 cm³/mol. The van der Waals surface area contributed by atoms with Gasteiger partial charge in [-0.1, -0.05) is 12.8 Å². The molecule has 3 heteroatoms. The molecular formula is C15H23N3. The Balaban J connectivity index is 1.79. The van der Waals surface area contributed by atoms with Crippen LogP contribution in [0, 0.1) is 5.92 Å². The standard InChI is InChI=1S/C15H23N3/c1-2-17-13-9-14(11-16-10-13)18-8-7-12-5-3-4-6-15(12)18/h9-12,15,17H,2-8H2,1H3. The van der Waals surface area contributed by atoms with Gasteiger partial charge in [0.2, 0.25) is 0 Å². The summed E-state index contributed by atoms with van der Waals surface area (Å²) in [6.45, 7) is 4.30. The highest BCUT2D eigenvalue weighted by Crippen LogP contribution is 2.38. The zero-order chi connectivity index (χ0) is 12.4. The quantitative estimate of drug-likeness (QED) is 0.885. The molecule has 18 heavy (non-hydrogen) atoms. The molecule has 2 atom stereocenters. The fourth-order valence-corrected chi connectivity index (χ4v) is 3.61. The van der Waals surface area contributed by atoms with Gasteiger partial charge in [0.05, 0.1) is 23.8 Å². The molecule has 0 spiro atoms. The largest absolute Gasteiger partial charge is 0.384 e. The first-order valence-corrected chi connectivity index (χ1v) is 7.34. The summed E-state index contributed by atoms with van der Waals surface area (Å²) in [4.78, 5) is 6.98. The molecule has 2 fully saturated rings. The molecule has 0 aromatic carbocycles. The van der Waals surface area contributed by atoms with E-state index in [9.17, 15) is 0 Å². The van der Waals surface area contributed by atoms with E-state index < -0.39 is 0 Å². The van der Waals surface area contributed by atoms with Crippen molar-refractivity contribution in [2.75, 3.05) is 23.3 Å². The van der Waals surface area contributed by atoms with E-state index in [1.807, 2.05) is 12.4 Å². The maximum Gasteiger partial charge on any atom is 0.0576 e. The molecule has 2 heterocycles. The zero-order valence-electron chi connectivity index (χ0n) is 11.2. The van der Waals surface area contributed by atoms with E-state index in [4.69, 9.17) is 0 Å². The molecule has 1 aliphatic heterocycles. The van der Waals surface area contributed by atoms with Crippen LogP contribution in [0.15, 0.2) is 18.5 Å². The number of anilines is 2. The average Bonchev–Trinajstić information content (AvgIpc) is 2.83. The van der Waals surface area contributed by atoms with E-state index in [2.05, 4.69) is 28.2 Å². The summed E-state index contributed by atoms with van der Waals surface area (Å²) >= 11 is 0. The summed E-state index contributed by atoms with van der Waals surface area (Å²) in [5, 5.41) is 3.35. The Morgan fingerprint density at radius 2 is 2.17 bits per heavy atom. The fraction of sp³-hybridized carbons (Fsp3) is 0.667. The van der Waals surface area contributed by atoms with Crippen LogP contribution in [0.1, 0.15) is 39.0 Å². The van der Waals surface area contributed by atoms with Crippen molar-refractivity contribution >= 4 is 11.4 Å². The minimum absolute atomic E-state index is 0.775. The van der Waals surface area contributed by atoms with Crippen LogP contribution >= 0.6 is 0 Å². The SMILES string of the molecule is CCNc1cncc(N2CCC3CCCCC32)c1. The van der Waals surface area contributed by atoms with Gasteiger partial charge in [-0.2, -0.15) is 0 Å². The number of fused-ring (bicyclic) bond motifs is 1. The van der Waals surface area contributed by atoms with Crippen molar-refractivity contribution in [3.63, 3.8) is 0 Å². The number of pyridine rings is 1. The lowest BCUT2D eigenvalue weighted by Crippen LogP contribution is -2.34. The smallest absolute Gasteiger partial charge is 0.0576 e. The van der Waals surface area contributed by atoms with Gasteiger partial charge in [0, 0.05) is 19.1 Å². The maximum atomic E-state index is 4.38. The van der Waals surface area contributed by atoms with Crippen LogP contribution in [0.5, 0.6) is 0 Å². The molecule has 0 radical (unpaired) electrons. The fourth-order valence-electron chi connectivity index (χ4n) is 3.61. The molecule has 1 saturated carbocycles. The minimum Gasteiger partial charge on any atom is -0.384 e. The van der Waals surface area contributed by atoms with Gasteiger partial charge in [-0.25, -0.2) is 0 Å². The van der Waals surface area contributed by atoms with E-state index in [-0.39, 0.29) is 0 Å². The average molecular weight is 245 g/mol. The highest BCUT2D eigenvalue weighted by Gasteiger charge is 2.35. The third-order valence-electron chi connectivity index (χ3n) is 4.45. The lowest BCUT2D eigenvalue weighted by atomic mass is 9.85. The van der Waals surface area contributed by atoms with E-state index in [1.54, 1.807) is 0 Å². The van der Waals surface area contributed by atoms with Crippen molar-refractivity contribution in [3.8, 4) is 0 Å². The van der Waals surface area contributed by atoms with Crippen LogP contribution in [0.25, 0.3) is 0 Å². The van der Waals surface area contributed by atoms with E-state index >= 15 is 0 Å². The summed E-state index contributed by atoms with van der Waals surface area (Å²) in [5.74, 6) is 0.932. The molecule has 2 unspecified atom stereocenters. The number of hydrogen-bond donors (Lipinski definition) is 1. The number of aromatic nitrogens is 1. The lowest BCUT2D eigenvalue weighted by molar-refractivity contribution is 0.342. The van der Waals surface area contributed by atoms with Crippen LogP contribution in [0.2, 0.25) is 0 Å². The Hall–Kier alpha value is -1.25. The monoisotopic (exact) mass is 245 g/mol. The van der Waals surface area contributed by atoms with Gasteiger partial charge in [0.15, 0.2) is 0 Å². The minimum atomic E-state index is 0.775. The Kier molecular flexibility index (Phi) is 3.39. The molecular weight excluding hydrogens is 222 g/mol. The lowest BCUT2D eigenvalue weighted by Gasteiger charge is -2.33. The summed E-state index contributed by atoms with van der Waals surface area (Å²) in [7, 11) is 0. The van der Waals surface area contributed by atoms with Crippen LogP contribution in [-0.4, -0.2) is 24.1 Å². The zero-order valence-corrected chi connectivity index (χ0v) is 11.2.